The van der Waals surface area contributed by atoms with Crippen LogP contribution in [0.4, 0.5) is 0 Å². The van der Waals surface area contributed by atoms with Crippen molar-refractivity contribution in [2.75, 3.05) is 39.3 Å². The fourth-order valence-electron chi connectivity index (χ4n) is 5.59. The number of amides is 1. The van der Waals surface area contributed by atoms with E-state index in [1.165, 1.54) is 16.7 Å². The number of piperidine rings is 1. The molecule has 0 aromatic heterocycles. The Balaban J connectivity index is 1.20. The van der Waals surface area contributed by atoms with Crippen LogP contribution in [0, 0.1) is 5.92 Å². The highest BCUT2D eigenvalue weighted by molar-refractivity contribution is 6.30. The molecule has 182 valence electrons. The molecule has 2 heterocycles. The Labute approximate surface area is 214 Å². The Hall–Kier alpha value is -2.66. The molecule has 2 fully saturated rings. The summed E-state index contributed by atoms with van der Waals surface area (Å²) in [5.41, 5.74) is 3.87. The number of hydrogen-bond acceptors (Lipinski definition) is 3. The Kier molecular flexibility index (Phi) is 7.82. The third kappa shape index (κ3) is 5.95. The quantitative estimate of drug-likeness (QED) is 0.460. The van der Waals surface area contributed by atoms with E-state index in [0.717, 1.165) is 63.7 Å². The highest BCUT2D eigenvalue weighted by Gasteiger charge is 2.33. The van der Waals surface area contributed by atoms with Crippen molar-refractivity contribution in [3.63, 3.8) is 0 Å². The summed E-state index contributed by atoms with van der Waals surface area (Å²) < 4.78 is 0. The summed E-state index contributed by atoms with van der Waals surface area (Å²) in [5.74, 6) is 0.433. The van der Waals surface area contributed by atoms with Crippen LogP contribution in [0.15, 0.2) is 84.9 Å². The van der Waals surface area contributed by atoms with Gasteiger partial charge in [-0.3, -0.25) is 14.6 Å². The van der Waals surface area contributed by atoms with Gasteiger partial charge < -0.3 is 4.90 Å². The van der Waals surface area contributed by atoms with Gasteiger partial charge in [0, 0.05) is 44.3 Å². The molecule has 4 nitrogen and oxygen atoms in total. The molecule has 0 bridgehead atoms. The van der Waals surface area contributed by atoms with Crippen molar-refractivity contribution in [3.05, 3.63) is 107 Å². The molecule has 2 aliphatic heterocycles. The van der Waals surface area contributed by atoms with Crippen molar-refractivity contribution in [3.8, 4) is 0 Å². The number of hydrogen-bond donors (Lipinski definition) is 0. The van der Waals surface area contributed by atoms with Crippen LogP contribution in [-0.2, 0) is 11.3 Å². The van der Waals surface area contributed by atoms with Crippen LogP contribution in [0.3, 0.4) is 0 Å². The Morgan fingerprint density at radius 3 is 2.00 bits per heavy atom. The maximum absolute atomic E-state index is 13.5. The molecule has 2 aliphatic rings. The maximum Gasteiger partial charge on any atom is 0.227 e. The van der Waals surface area contributed by atoms with Crippen LogP contribution in [0.2, 0.25) is 5.02 Å². The van der Waals surface area contributed by atoms with E-state index in [1.807, 2.05) is 12.1 Å². The van der Waals surface area contributed by atoms with E-state index < -0.39 is 0 Å². The number of piperazine rings is 1. The van der Waals surface area contributed by atoms with Gasteiger partial charge in [0.25, 0.3) is 0 Å². The summed E-state index contributed by atoms with van der Waals surface area (Å²) >= 11 is 6.04. The topological polar surface area (TPSA) is 26.8 Å². The van der Waals surface area contributed by atoms with Crippen molar-refractivity contribution in [1.82, 2.24) is 14.7 Å². The fourth-order valence-corrected chi connectivity index (χ4v) is 5.72. The first-order valence-corrected chi connectivity index (χ1v) is 13.1. The second kappa shape index (κ2) is 11.4. The van der Waals surface area contributed by atoms with Crippen molar-refractivity contribution >= 4 is 17.5 Å². The summed E-state index contributed by atoms with van der Waals surface area (Å²) in [6.07, 6.45) is 2.07. The SMILES string of the molecule is O=C([C@@H]1CCCN(Cc2ccc(Cl)cc2)C1)N1CCN(C(c2ccccc2)c2ccccc2)CC1. The summed E-state index contributed by atoms with van der Waals surface area (Å²) in [6, 6.07) is 29.7. The third-order valence-corrected chi connectivity index (χ3v) is 7.65. The zero-order valence-corrected chi connectivity index (χ0v) is 21.0. The smallest absolute Gasteiger partial charge is 0.227 e. The van der Waals surface area contributed by atoms with Crippen LogP contribution < -0.4 is 0 Å². The first kappa shape index (κ1) is 24.1. The first-order chi connectivity index (χ1) is 17.2. The normalized spacial score (nSPS) is 19.7. The lowest BCUT2D eigenvalue weighted by Gasteiger charge is -2.42. The van der Waals surface area contributed by atoms with E-state index in [9.17, 15) is 4.79 Å². The minimum absolute atomic E-state index is 0.0987. The van der Waals surface area contributed by atoms with Gasteiger partial charge in [-0.25, -0.2) is 0 Å². The molecule has 0 spiro atoms. The molecule has 3 aromatic carbocycles. The predicted molar refractivity (Wildman–Crippen MR) is 142 cm³/mol. The van der Waals surface area contributed by atoms with Gasteiger partial charge in [0.1, 0.15) is 0 Å². The number of carbonyl (C=O) groups excluding carboxylic acids is 1. The molecular formula is C30H34ClN3O. The van der Waals surface area contributed by atoms with E-state index in [4.69, 9.17) is 11.6 Å². The number of nitrogens with zero attached hydrogens (tertiary/aromatic N) is 3. The Morgan fingerprint density at radius 2 is 1.40 bits per heavy atom. The van der Waals surface area contributed by atoms with Gasteiger partial charge >= 0.3 is 0 Å². The summed E-state index contributed by atoms with van der Waals surface area (Å²) in [5, 5.41) is 0.765. The largest absolute Gasteiger partial charge is 0.340 e. The summed E-state index contributed by atoms with van der Waals surface area (Å²) in [6.45, 7) is 6.15. The van der Waals surface area contributed by atoms with Gasteiger partial charge in [-0.05, 0) is 48.2 Å². The average molecular weight is 488 g/mol. The highest BCUT2D eigenvalue weighted by Crippen LogP contribution is 2.30. The van der Waals surface area contributed by atoms with E-state index in [-0.39, 0.29) is 12.0 Å². The number of rotatable bonds is 6. The number of benzene rings is 3. The van der Waals surface area contributed by atoms with Gasteiger partial charge in [0.2, 0.25) is 5.91 Å². The lowest BCUT2D eigenvalue weighted by molar-refractivity contribution is -0.139. The molecular weight excluding hydrogens is 454 g/mol. The second-order valence-electron chi connectivity index (χ2n) is 9.79. The summed E-state index contributed by atoms with van der Waals surface area (Å²) in [7, 11) is 0. The van der Waals surface area contributed by atoms with Gasteiger partial charge in [-0.1, -0.05) is 84.4 Å². The molecule has 1 amide bonds. The van der Waals surface area contributed by atoms with Gasteiger partial charge in [0.15, 0.2) is 0 Å². The van der Waals surface area contributed by atoms with Crippen molar-refractivity contribution in [2.24, 2.45) is 5.92 Å². The number of halogens is 1. The van der Waals surface area contributed by atoms with Crippen LogP contribution in [0.1, 0.15) is 35.6 Å². The molecule has 1 atom stereocenters. The molecule has 0 N–H and O–H groups in total. The Morgan fingerprint density at radius 1 is 0.800 bits per heavy atom. The number of carbonyl (C=O) groups is 1. The first-order valence-electron chi connectivity index (χ1n) is 12.8. The molecule has 0 aliphatic carbocycles. The van der Waals surface area contributed by atoms with E-state index in [2.05, 4.69) is 87.5 Å². The van der Waals surface area contributed by atoms with E-state index in [0.29, 0.717) is 5.91 Å². The molecule has 5 heteroatoms. The van der Waals surface area contributed by atoms with Gasteiger partial charge in [-0.2, -0.15) is 0 Å². The highest BCUT2D eigenvalue weighted by atomic mass is 35.5. The van der Waals surface area contributed by atoms with Crippen LogP contribution in [-0.4, -0.2) is 59.9 Å². The third-order valence-electron chi connectivity index (χ3n) is 7.40. The molecule has 35 heavy (non-hydrogen) atoms. The minimum Gasteiger partial charge on any atom is -0.340 e. The second-order valence-corrected chi connectivity index (χ2v) is 10.2. The molecule has 3 aromatic rings. The van der Waals surface area contributed by atoms with Gasteiger partial charge in [-0.15, -0.1) is 0 Å². The van der Waals surface area contributed by atoms with Crippen LogP contribution in [0.5, 0.6) is 0 Å². The molecule has 0 saturated carbocycles. The van der Waals surface area contributed by atoms with Gasteiger partial charge in [0.05, 0.1) is 12.0 Å². The summed E-state index contributed by atoms with van der Waals surface area (Å²) in [4.78, 5) is 20.5. The maximum atomic E-state index is 13.5. The van der Waals surface area contributed by atoms with E-state index in [1.54, 1.807) is 0 Å². The lowest BCUT2D eigenvalue weighted by atomic mass is 9.94. The average Bonchev–Trinajstić information content (AvgIpc) is 2.92. The minimum atomic E-state index is 0.0987. The predicted octanol–water partition coefficient (Wildman–Crippen LogP) is 5.49. The fraction of sp³-hybridized carbons (Fsp3) is 0.367. The van der Waals surface area contributed by atoms with Crippen LogP contribution in [0.25, 0.3) is 0 Å². The van der Waals surface area contributed by atoms with E-state index >= 15 is 0 Å². The molecule has 0 radical (unpaired) electrons. The standard InChI is InChI=1S/C30H34ClN3O/c31-28-15-13-24(14-16-28)22-32-17-7-12-27(23-32)30(35)34-20-18-33(19-21-34)29(25-8-3-1-4-9-25)26-10-5-2-6-11-26/h1-6,8-11,13-16,27,29H,7,12,17-23H2/t27-/m1/s1. The van der Waals surface area contributed by atoms with Crippen LogP contribution >= 0.6 is 11.6 Å². The van der Waals surface area contributed by atoms with Crippen molar-refractivity contribution in [1.29, 1.82) is 0 Å². The molecule has 2 saturated heterocycles. The number of likely N-dealkylation sites (tertiary alicyclic amines) is 1. The molecule has 0 unspecified atom stereocenters. The lowest BCUT2D eigenvalue weighted by Crippen LogP contribution is -2.53. The Bertz CT molecular complexity index is 1040. The monoisotopic (exact) mass is 487 g/mol. The van der Waals surface area contributed by atoms with Crippen molar-refractivity contribution in [2.45, 2.75) is 25.4 Å². The zero-order valence-electron chi connectivity index (χ0n) is 20.2. The molecule has 5 rings (SSSR count). The zero-order chi connectivity index (χ0) is 24.0. The van der Waals surface area contributed by atoms with Crippen molar-refractivity contribution < 1.29 is 4.79 Å².